The van der Waals surface area contributed by atoms with Crippen molar-refractivity contribution in [2.45, 2.75) is 42.5 Å². The standard InChI is InChI=1S/C8F16O3/c9-1(25)2(10,11)26-8(24,6(19,20)21)27-7(22,23)4(14,15)3(12,13)5(16,17)18. The number of carbonyl (C=O) groups is 1. The van der Waals surface area contributed by atoms with Crippen LogP contribution in [-0.2, 0) is 14.3 Å². The maximum atomic E-state index is 13.2. The summed E-state index contributed by atoms with van der Waals surface area (Å²) < 4.78 is 200. The Morgan fingerprint density at radius 2 is 0.926 bits per heavy atom. The molecule has 1 unspecified atom stereocenters. The maximum Gasteiger partial charge on any atom is 0.478 e. The van der Waals surface area contributed by atoms with Crippen LogP contribution in [0.1, 0.15) is 0 Å². The Balaban J connectivity index is 6.23. The summed E-state index contributed by atoms with van der Waals surface area (Å²) in [5, 5.41) is 0. The minimum Gasteiger partial charge on any atom is -0.251 e. The van der Waals surface area contributed by atoms with Crippen molar-refractivity contribution in [3.05, 3.63) is 0 Å². The maximum absolute atomic E-state index is 13.2. The van der Waals surface area contributed by atoms with Gasteiger partial charge >= 0.3 is 48.5 Å². The monoisotopic (exact) mass is 448 g/mol. The van der Waals surface area contributed by atoms with Crippen molar-refractivity contribution < 1.29 is 84.5 Å². The number of ether oxygens (including phenoxy) is 2. The Bertz CT molecular complexity index is 561. The van der Waals surface area contributed by atoms with Crippen molar-refractivity contribution >= 4 is 6.04 Å². The number of hydrogen-bond acceptors (Lipinski definition) is 3. The summed E-state index contributed by atoms with van der Waals surface area (Å²) in [4.78, 5) is 9.59. The summed E-state index contributed by atoms with van der Waals surface area (Å²) in [6, 6.07) is -11.7. The highest BCUT2D eigenvalue weighted by Gasteiger charge is 2.85. The van der Waals surface area contributed by atoms with Crippen LogP contribution in [0, 0.1) is 0 Å². The fourth-order valence-corrected chi connectivity index (χ4v) is 0.931. The van der Waals surface area contributed by atoms with E-state index in [2.05, 4.69) is 0 Å². The van der Waals surface area contributed by atoms with Gasteiger partial charge in [-0.2, -0.15) is 70.2 Å². The lowest BCUT2D eigenvalue weighted by atomic mass is 10.1. The van der Waals surface area contributed by atoms with Gasteiger partial charge in [-0.15, -0.1) is 0 Å². The molecule has 0 aliphatic carbocycles. The zero-order valence-electron chi connectivity index (χ0n) is 11.3. The number of carbonyl (C=O) groups excluding carboxylic acids is 1. The zero-order chi connectivity index (χ0) is 22.5. The Hall–Kier alpha value is -1.53. The van der Waals surface area contributed by atoms with Crippen LogP contribution in [0.2, 0.25) is 0 Å². The molecule has 0 bridgehead atoms. The molecule has 0 aliphatic rings. The fraction of sp³-hybridized carbons (Fsp3) is 0.875. The van der Waals surface area contributed by atoms with Crippen molar-refractivity contribution in [3.8, 4) is 0 Å². The molecule has 27 heavy (non-hydrogen) atoms. The molecule has 0 radical (unpaired) electrons. The van der Waals surface area contributed by atoms with E-state index >= 15 is 0 Å². The molecule has 3 nitrogen and oxygen atoms in total. The average Bonchev–Trinajstić information content (AvgIpc) is 2.33. The molecular formula is C8F16O3. The molecule has 0 aromatic rings. The first-order valence-corrected chi connectivity index (χ1v) is 5.29. The van der Waals surface area contributed by atoms with Crippen LogP contribution in [0.15, 0.2) is 0 Å². The van der Waals surface area contributed by atoms with E-state index in [9.17, 15) is 75.0 Å². The highest BCUT2D eigenvalue weighted by molar-refractivity contribution is 5.74. The van der Waals surface area contributed by atoms with Crippen LogP contribution in [0.25, 0.3) is 0 Å². The highest BCUT2D eigenvalue weighted by Crippen LogP contribution is 2.56. The predicted octanol–water partition coefficient (Wildman–Crippen LogP) is 4.72. The van der Waals surface area contributed by atoms with Crippen molar-refractivity contribution in [2.75, 3.05) is 0 Å². The van der Waals surface area contributed by atoms with Crippen LogP contribution in [0.4, 0.5) is 70.2 Å². The molecule has 162 valence electrons. The molecule has 1 atom stereocenters. The van der Waals surface area contributed by atoms with E-state index in [1.807, 2.05) is 0 Å². The number of rotatable bonds is 7. The molecule has 0 rings (SSSR count). The second-order valence-corrected chi connectivity index (χ2v) is 4.19. The minimum absolute atomic E-state index is 1.35. The van der Waals surface area contributed by atoms with Crippen molar-refractivity contribution in [1.29, 1.82) is 0 Å². The van der Waals surface area contributed by atoms with E-state index in [-0.39, 0.29) is 0 Å². The summed E-state index contributed by atoms with van der Waals surface area (Å²) in [6.45, 7) is 0. The van der Waals surface area contributed by atoms with Crippen molar-refractivity contribution in [1.82, 2.24) is 0 Å². The molecule has 0 N–H and O–H groups in total. The summed E-state index contributed by atoms with van der Waals surface area (Å²) in [6.07, 6.45) is -29.6. The van der Waals surface area contributed by atoms with E-state index in [4.69, 9.17) is 0 Å². The van der Waals surface area contributed by atoms with Gasteiger partial charge in [0, 0.05) is 0 Å². The van der Waals surface area contributed by atoms with Gasteiger partial charge in [-0.05, 0) is 0 Å². The average molecular weight is 448 g/mol. The van der Waals surface area contributed by atoms with Gasteiger partial charge in [0.05, 0.1) is 0 Å². The lowest BCUT2D eigenvalue weighted by Crippen LogP contribution is -2.65. The molecule has 0 spiro atoms. The van der Waals surface area contributed by atoms with Gasteiger partial charge in [-0.1, -0.05) is 0 Å². The summed E-state index contributed by atoms with van der Waals surface area (Å²) >= 11 is 0. The smallest absolute Gasteiger partial charge is 0.251 e. The van der Waals surface area contributed by atoms with Crippen molar-refractivity contribution in [2.24, 2.45) is 0 Å². The van der Waals surface area contributed by atoms with Gasteiger partial charge in [-0.3, -0.25) is 4.79 Å². The summed E-state index contributed by atoms with van der Waals surface area (Å²) in [5.74, 6) is -15.9. The Morgan fingerprint density at radius 1 is 0.556 bits per heavy atom. The first-order chi connectivity index (χ1) is 11.4. The molecule has 0 saturated heterocycles. The normalized spacial score (nSPS) is 17.6. The van der Waals surface area contributed by atoms with Gasteiger partial charge in [0.25, 0.3) is 0 Å². The van der Waals surface area contributed by atoms with Crippen LogP contribution >= 0.6 is 0 Å². The molecule has 19 heteroatoms. The zero-order valence-corrected chi connectivity index (χ0v) is 11.3. The van der Waals surface area contributed by atoms with Crippen LogP contribution in [0.5, 0.6) is 0 Å². The molecule has 0 aromatic carbocycles. The molecular weight excluding hydrogens is 448 g/mol. The van der Waals surface area contributed by atoms with Gasteiger partial charge in [0.2, 0.25) is 0 Å². The predicted molar refractivity (Wildman–Crippen MR) is 44.0 cm³/mol. The molecule has 0 amide bonds. The first kappa shape index (κ1) is 25.5. The third kappa shape index (κ3) is 4.49. The molecule has 0 fully saturated rings. The second-order valence-electron chi connectivity index (χ2n) is 4.19. The Labute approximate surface area is 134 Å². The third-order valence-electron chi connectivity index (χ3n) is 2.20. The third-order valence-corrected chi connectivity index (χ3v) is 2.20. The molecule has 0 aliphatic heterocycles. The lowest BCUT2D eigenvalue weighted by Gasteiger charge is -2.37. The van der Waals surface area contributed by atoms with E-state index in [0.29, 0.717) is 0 Å². The Kier molecular flexibility index (Phi) is 6.15. The second kappa shape index (κ2) is 6.52. The van der Waals surface area contributed by atoms with Crippen molar-refractivity contribution in [3.63, 3.8) is 0 Å². The highest BCUT2D eigenvalue weighted by atomic mass is 19.4. The van der Waals surface area contributed by atoms with Crippen LogP contribution < -0.4 is 0 Å². The van der Waals surface area contributed by atoms with Gasteiger partial charge < -0.3 is 0 Å². The lowest BCUT2D eigenvalue weighted by molar-refractivity contribution is -0.555. The quantitative estimate of drug-likeness (QED) is 0.322. The van der Waals surface area contributed by atoms with Gasteiger partial charge in [-0.25, -0.2) is 9.47 Å². The molecule has 0 saturated carbocycles. The van der Waals surface area contributed by atoms with E-state index in [1.54, 1.807) is 4.74 Å². The summed E-state index contributed by atoms with van der Waals surface area (Å²) in [7, 11) is 0. The largest absolute Gasteiger partial charge is 0.478 e. The van der Waals surface area contributed by atoms with Crippen LogP contribution in [0.3, 0.4) is 0 Å². The number of hydrogen-bond donors (Lipinski definition) is 0. The molecule has 0 aromatic heterocycles. The van der Waals surface area contributed by atoms with E-state index in [1.165, 1.54) is 4.74 Å². The van der Waals surface area contributed by atoms with Crippen LogP contribution in [-0.4, -0.2) is 48.5 Å². The van der Waals surface area contributed by atoms with E-state index in [0.717, 1.165) is 0 Å². The minimum atomic E-state index is -8.04. The molecule has 0 heterocycles. The fourth-order valence-electron chi connectivity index (χ4n) is 0.931. The first-order valence-electron chi connectivity index (χ1n) is 5.29. The van der Waals surface area contributed by atoms with E-state index < -0.39 is 48.5 Å². The Morgan fingerprint density at radius 3 is 1.19 bits per heavy atom. The van der Waals surface area contributed by atoms with Gasteiger partial charge in [0.1, 0.15) is 0 Å². The number of alkyl halides is 15. The number of halogens is 16. The van der Waals surface area contributed by atoms with Gasteiger partial charge in [0.15, 0.2) is 0 Å². The SMILES string of the molecule is O=C(F)C(F)(F)OC(F)(OC(F)(F)C(F)(F)C(F)(F)C(F)(F)F)C(F)(F)F. The summed E-state index contributed by atoms with van der Waals surface area (Å²) in [5.41, 5.74) is 0. The topological polar surface area (TPSA) is 35.5 Å².